The van der Waals surface area contributed by atoms with Gasteiger partial charge in [0.15, 0.2) is 0 Å². The summed E-state index contributed by atoms with van der Waals surface area (Å²) in [5, 5.41) is 23.2. The number of carbonyl (C=O) groups is 5. The van der Waals surface area contributed by atoms with E-state index in [2.05, 4.69) is 26.1 Å². The fourth-order valence-electron chi connectivity index (χ4n) is 4.82. The van der Waals surface area contributed by atoms with E-state index in [1.165, 1.54) is 15.9 Å². The summed E-state index contributed by atoms with van der Waals surface area (Å²) in [6.45, 7) is 1.53. The number of carbonyl (C=O) groups excluding carboxylic acids is 5. The Morgan fingerprint density at radius 1 is 1.11 bits per heavy atom. The lowest BCUT2D eigenvalue weighted by Gasteiger charge is -2.29. The van der Waals surface area contributed by atoms with Gasteiger partial charge in [-0.15, -0.1) is 0 Å². The quantitative estimate of drug-likeness (QED) is 0.0827. The SMILES string of the molecule is CN(Cc1cn[nH]c1)C(=O)CNc1cc2c(cc1C(=O)NCCOCCOCCOCO)CN(C1CCC(=O)NC1=O)C2=O. The van der Waals surface area contributed by atoms with Gasteiger partial charge in [-0.3, -0.25) is 34.4 Å². The van der Waals surface area contributed by atoms with Crippen LogP contribution in [0.25, 0.3) is 0 Å². The molecule has 5 amide bonds. The molecule has 0 spiro atoms. The molecule has 0 bridgehead atoms. The molecule has 1 unspecified atom stereocenters. The minimum absolute atomic E-state index is 0.0971. The van der Waals surface area contributed by atoms with Gasteiger partial charge in [-0.05, 0) is 24.1 Å². The number of H-pyrrole nitrogens is 1. The van der Waals surface area contributed by atoms with Crippen LogP contribution >= 0.6 is 0 Å². The second-order valence-electron chi connectivity index (χ2n) is 10.2. The molecule has 1 atom stereocenters. The molecule has 2 aliphatic heterocycles. The van der Waals surface area contributed by atoms with Crippen molar-refractivity contribution in [3.63, 3.8) is 0 Å². The predicted octanol–water partition coefficient (Wildman–Crippen LogP) is -1.03. The van der Waals surface area contributed by atoms with Crippen molar-refractivity contribution in [3.05, 3.63) is 46.8 Å². The highest BCUT2D eigenvalue weighted by molar-refractivity contribution is 6.08. The van der Waals surface area contributed by atoms with E-state index >= 15 is 0 Å². The van der Waals surface area contributed by atoms with Crippen molar-refractivity contribution in [2.45, 2.75) is 32.0 Å². The predicted molar refractivity (Wildman–Crippen MR) is 153 cm³/mol. The van der Waals surface area contributed by atoms with Crippen LogP contribution in [0.1, 0.15) is 44.7 Å². The number of benzene rings is 1. The first kappa shape index (κ1) is 32.5. The van der Waals surface area contributed by atoms with Gasteiger partial charge in [0.25, 0.3) is 11.8 Å². The minimum atomic E-state index is -0.803. The van der Waals surface area contributed by atoms with Crippen LogP contribution in [0.4, 0.5) is 5.69 Å². The number of fused-ring (bicyclic) bond motifs is 1. The lowest BCUT2D eigenvalue weighted by molar-refractivity contribution is -0.137. The zero-order valence-electron chi connectivity index (χ0n) is 24.4. The summed E-state index contributed by atoms with van der Waals surface area (Å²) in [4.78, 5) is 66.5. The number of hydrogen-bond acceptors (Lipinski definition) is 11. The highest BCUT2D eigenvalue weighted by atomic mass is 16.6. The second kappa shape index (κ2) is 15.9. The van der Waals surface area contributed by atoms with Gasteiger partial charge in [-0.1, -0.05) is 0 Å². The number of likely N-dealkylation sites (N-methyl/N-ethyl adjacent to an activating group) is 1. The molecule has 0 aliphatic carbocycles. The van der Waals surface area contributed by atoms with E-state index < -0.39 is 23.8 Å². The number of nitrogens with one attached hydrogen (secondary N) is 4. The average Bonchev–Trinajstić information content (AvgIpc) is 3.63. The molecule has 44 heavy (non-hydrogen) atoms. The van der Waals surface area contributed by atoms with Crippen LogP contribution in [-0.4, -0.2) is 121 Å². The van der Waals surface area contributed by atoms with Crippen molar-refractivity contribution in [3.8, 4) is 0 Å². The van der Waals surface area contributed by atoms with Crippen molar-refractivity contribution in [2.75, 3.05) is 65.3 Å². The average molecular weight is 616 g/mol. The van der Waals surface area contributed by atoms with E-state index in [-0.39, 0.29) is 75.5 Å². The summed E-state index contributed by atoms with van der Waals surface area (Å²) in [7, 11) is 1.64. The van der Waals surface area contributed by atoms with E-state index in [9.17, 15) is 24.0 Å². The molecule has 238 valence electrons. The van der Waals surface area contributed by atoms with Crippen LogP contribution in [0.15, 0.2) is 24.5 Å². The molecule has 1 saturated heterocycles. The first-order valence-corrected chi connectivity index (χ1v) is 14.2. The van der Waals surface area contributed by atoms with E-state index in [0.717, 1.165) is 5.56 Å². The molecule has 3 heterocycles. The third-order valence-corrected chi connectivity index (χ3v) is 7.10. The fourth-order valence-corrected chi connectivity index (χ4v) is 4.82. The van der Waals surface area contributed by atoms with E-state index in [1.807, 2.05) is 0 Å². The summed E-state index contributed by atoms with van der Waals surface area (Å²) >= 11 is 0. The summed E-state index contributed by atoms with van der Waals surface area (Å²) < 4.78 is 15.5. The molecule has 2 aromatic rings. The molecular formula is C28H37N7O9. The minimum Gasteiger partial charge on any atom is -0.377 e. The number of aliphatic hydroxyl groups excluding tert-OH is 1. The van der Waals surface area contributed by atoms with Crippen LogP contribution in [0.3, 0.4) is 0 Å². The Bertz CT molecular complexity index is 1330. The smallest absolute Gasteiger partial charge is 0.255 e. The lowest BCUT2D eigenvalue weighted by atomic mass is 10.0. The number of nitrogens with zero attached hydrogens (tertiary/aromatic N) is 3. The molecule has 16 heteroatoms. The molecule has 0 radical (unpaired) electrons. The summed E-state index contributed by atoms with van der Waals surface area (Å²) in [5.74, 6) is -2.01. The number of piperidine rings is 1. The third-order valence-electron chi connectivity index (χ3n) is 7.10. The van der Waals surface area contributed by atoms with Crippen LogP contribution in [0.5, 0.6) is 0 Å². The zero-order chi connectivity index (χ0) is 31.5. The number of amides is 5. The molecule has 1 aromatic carbocycles. The Labute approximate surface area is 253 Å². The zero-order valence-corrected chi connectivity index (χ0v) is 24.4. The number of aromatic nitrogens is 2. The van der Waals surface area contributed by atoms with Gasteiger partial charge in [-0.25, -0.2) is 0 Å². The van der Waals surface area contributed by atoms with Crippen LogP contribution in [0, 0.1) is 0 Å². The Kier molecular flexibility index (Phi) is 11.8. The normalized spacial score (nSPS) is 16.1. The van der Waals surface area contributed by atoms with Gasteiger partial charge in [0.05, 0.1) is 51.3 Å². The van der Waals surface area contributed by atoms with Crippen LogP contribution in [0.2, 0.25) is 0 Å². The standard InChI is InChI=1S/C28H37N7O9/c1-34(15-18-12-31-32-13-18)25(38)14-30-22-11-20-19(16-35(28(20)41)23-2-3-24(37)33-27(23)40)10-21(22)26(39)29-4-5-42-6-7-43-8-9-44-17-36/h10-13,23,30,36H,2-9,14-17H2,1H3,(H,29,39)(H,31,32)(H,33,37,40). The first-order chi connectivity index (χ1) is 21.3. The molecule has 2 aliphatic rings. The Morgan fingerprint density at radius 2 is 1.86 bits per heavy atom. The molecular weight excluding hydrogens is 578 g/mol. The maximum absolute atomic E-state index is 13.4. The maximum atomic E-state index is 13.4. The van der Waals surface area contributed by atoms with Gasteiger partial charge in [-0.2, -0.15) is 5.10 Å². The number of aliphatic hydroxyl groups is 1. The van der Waals surface area contributed by atoms with Crippen molar-refractivity contribution in [1.82, 2.24) is 30.6 Å². The number of rotatable bonds is 17. The van der Waals surface area contributed by atoms with Gasteiger partial charge in [0.2, 0.25) is 17.7 Å². The molecule has 1 aromatic heterocycles. The first-order valence-electron chi connectivity index (χ1n) is 14.2. The number of imide groups is 1. The Balaban J connectivity index is 1.40. The van der Waals surface area contributed by atoms with Crippen LogP contribution < -0.4 is 16.0 Å². The van der Waals surface area contributed by atoms with E-state index in [1.54, 1.807) is 25.5 Å². The monoisotopic (exact) mass is 615 g/mol. The molecule has 4 rings (SSSR count). The highest BCUT2D eigenvalue weighted by Gasteiger charge is 2.39. The number of aromatic amines is 1. The van der Waals surface area contributed by atoms with Gasteiger partial charge in [0.1, 0.15) is 12.8 Å². The highest BCUT2D eigenvalue weighted by Crippen LogP contribution is 2.32. The topological polar surface area (TPSA) is 205 Å². The Hall–Kier alpha value is -4.38. The van der Waals surface area contributed by atoms with Gasteiger partial charge in [0, 0.05) is 56.1 Å². The number of ether oxygens (including phenoxy) is 3. The maximum Gasteiger partial charge on any atom is 0.255 e. The van der Waals surface area contributed by atoms with Crippen molar-refractivity contribution >= 4 is 35.2 Å². The third kappa shape index (κ3) is 8.59. The van der Waals surface area contributed by atoms with Gasteiger partial charge < -0.3 is 39.8 Å². The fraction of sp³-hybridized carbons (Fsp3) is 0.500. The van der Waals surface area contributed by atoms with E-state index in [4.69, 9.17) is 19.3 Å². The van der Waals surface area contributed by atoms with E-state index in [0.29, 0.717) is 37.5 Å². The summed E-state index contributed by atoms with van der Waals surface area (Å²) in [6.07, 6.45) is 3.63. The second-order valence-corrected chi connectivity index (χ2v) is 10.2. The van der Waals surface area contributed by atoms with Crippen molar-refractivity contribution in [1.29, 1.82) is 0 Å². The summed E-state index contributed by atoms with van der Waals surface area (Å²) in [6, 6.07) is 2.30. The molecule has 16 nitrogen and oxygen atoms in total. The molecule has 0 saturated carbocycles. The van der Waals surface area contributed by atoms with Crippen molar-refractivity contribution in [2.24, 2.45) is 0 Å². The van der Waals surface area contributed by atoms with Gasteiger partial charge >= 0.3 is 0 Å². The lowest BCUT2D eigenvalue weighted by Crippen LogP contribution is -2.52. The number of hydrogen-bond donors (Lipinski definition) is 5. The number of anilines is 1. The molecule has 1 fully saturated rings. The van der Waals surface area contributed by atoms with Crippen LogP contribution in [-0.2, 0) is 41.7 Å². The largest absolute Gasteiger partial charge is 0.377 e. The Morgan fingerprint density at radius 3 is 2.57 bits per heavy atom. The summed E-state index contributed by atoms with van der Waals surface area (Å²) in [5.41, 5.74) is 2.18. The molecule has 5 N–H and O–H groups in total. The van der Waals surface area contributed by atoms with Crippen molar-refractivity contribution < 1.29 is 43.3 Å².